The predicted molar refractivity (Wildman–Crippen MR) is 65.0 cm³/mol. The van der Waals surface area contributed by atoms with Crippen LogP contribution >= 0.6 is 0 Å². The van der Waals surface area contributed by atoms with E-state index in [2.05, 4.69) is 32.9 Å². The average molecular weight is 220 g/mol. The first-order chi connectivity index (χ1) is 7.38. The lowest BCUT2D eigenvalue weighted by Crippen LogP contribution is -2.13. The molecule has 1 aliphatic heterocycles. The fraction of sp³-hybridized carbons (Fsp3) is 0.571. The molecule has 1 saturated heterocycles. The summed E-state index contributed by atoms with van der Waals surface area (Å²) in [6, 6.07) is 4.18. The van der Waals surface area contributed by atoms with E-state index >= 15 is 0 Å². The van der Waals surface area contributed by atoms with Crippen molar-refractivity contribution < 1.29 is 9.84 Å². The minimum Gasteiger partial charge on any atom is -0.507 e. The van der Waals surface area contributed by atoms with Gasteiger partial charge in [0.05, 0.1) is 12.7 Å². The maximum atomic E-state index is 10.1. The topological polar surface area (TPSA) is 32.8 Å². The number of rotatable bonds is 2. The van der Waals surface area contributed by atoms with Crippen molar-refractivity contribution in [1.29, 1.82) is 0 Å². The molecule has 0 spiro atoms. The Kier molecular flexibility index (Phi) is 2.70. The predicted octanol–water partition coefficient (Wildman–Crippen LogP) is 2.94. The van der Waals surface area contributed by atoms with Gasteiger partial charge in [0.1, 0.15) is 5.75 Å². The maximum Gasteiger partial charge on any atom is 0.122 e. The molecule has 1 atom stereocenters. The zero-order chi connectivity index (χ0) is 11.9. The van der Waals surface area contributed by atoms with Crippen LogP contribution in [-0.4, -0.2) is 17.8 Å². The molecule has 1 aromatic rings. The minimum atomic E-state index is -0.0186. The summed E-state index contributed by atoms with van der Waals surface area (Å²) >= 11 is 0. The third-order valence-electron chi connectivity index (χ3n) is 3.03. The van der Waals surface area contributed by atoms with Gasteiger partial charge >= 0.3 is 0 Å². The Morgan fingerprint density at radius 1 is 1.38 bits per heavy atom. The second-order valence-corrected chi connectivity index (χ2v) is 5.72. The first kappa shape index (κ1) is 11.5. The van der Waals surface area contributed by atoms with Crippen molar-refractivity contribution in [2.24, 2.45) is 0 Å². The Hall–Kier alpha value is -1.02. The van der Waals surface area contributed by atoms with Crippen LogP contribution in [0.3, 0.4) is 0 Å². The smallest absolute Gasteiger partial charge is 0.122 e. The monoisotopic (exact) mass is 220 g/mol. The third-order valence-corrected chi connectivity index (χ3v) is 3.03. The number of aromatic hydroxyl groups is 1. The van der Waals surface area contributed by atoms with Crippen LogP contribution < -0.4 is 0 Å². The number of ether oxygens (including phenoxy) is 1. The van der Waals surface area contributed by atoms with Crippen molar-refractivity contribution in [3.63, 3.8) is 0 Å². The molecule has 1 aliphatic rings. The van der Waals surface area contributed by atoms with E-state index in [1.54, 1.807) is 0 Å². The summed E-state index contributed by atoms with van der Waals surface area (Å²) in [6.07, 6.45) is 1.36. The average Bonchev–Trinajstić information content (AvgIpc) is 2.93. The van der Waals surface area contributed by atoms with E-state index in [4.69, 9.17) is 4.74 Å². The van der Waals surface area contributed by atoms with E-state index < -0.39 is 0 Å². The number of aryl methyl sites for hydroxylation is 1. The van der Waals surface area contributed by atoms with Crippen molar-refractivity contribution >= 4 is 0 Å². The molecule has 2 rings (SSSR count). The van der Waals surface area contributed by atoms with Gasteiger partial charge in [-0.05, 0) is 29.0 Å². The summed E-state index contributed by atoms with van der Waals surface area (Å²) in [4.78, 5) is 0. The Bertz CT molecular complexity index is 398. The molecule has 0 aliphatic carbocycles. The number of phenolic OH excluding ortho intramolecular Hbond substituents is 1. The van der Waals surface area contributed by atoms with Crippen LogP contribution in [0.25, 0.3) is 0 Å². The van der Waals surface area contributed by atoms with Gasteiger partial charge in [0.25, 0.3) is 0 Å². The van der Waals surface area contributed by atoms with Crippen molar-refractivity contribution in [3.05, 3.63) is 28.8 Å². The number of hydrogen-bond donors (Lipinski definition) is 1. The van der Waals surface area contributed by atoms with E-state index in [0.29, 0.717) is 11.9 Å². The molecule has 1 heterocycles. The summed E-state index contributed by atoms with van der Waals surface area (Å²) < 4.78 is 5.25. The molecule has 1 unspecified atom stereocenters. The molecule has 2 nitrogen and oxygen atoms in total. The largest absolute Gasteiger partial charge is 0.507 e. The second kappa shape index (κ2) is 3.77. The molecule has 1 fully saturated rings. The minimum absolute atomic E-state index is 0.0186. The highest BCUT2D eigenvalue weighted by molar-refractivity contribution is 5.46. The van der Waals surface area contributed by atoms with Gasteiger partial charge in [-0.1, -0.05) is 32.9 Å². The van der Waals surface area contributed by atoms with Gasteiger partial charge in [0.15, 0.2) is 0 Å². The van der Waals surface area contributed by atoms with Crippen molar-refractivity contribution in [1.82, 2.24) is 0 Å². The number of phenols is 1. The molecule has 0 bridgehead atoms. The van der Waals surface area contributed by atoms with Gasteiger partial charge in [-0.25, -0.2) is 0 Å². The van der Waals surface area contributed by atoms with Crippen LogP contribution in [0.2, 0.25) is 0 Å². The van der Waals surface area contributed by atoms with Crippen LogP contribution in [-0.2, 0) is 16.6 Å². The van der Waals surface area contributed by atoms with E-state index in [0.717, 1.165) is 24.2 Å². The highest BCUT2D eigenvalue weighted by Gasteiger charge is 2.25. The molecular weight excluding hydrogens is 200 g/mol. The number of epoxide rings is 1. The van der Waals surface area contributed by atoms with Gasteiger partial charge < -0.3 is 9.84 Å². The molecule has 0 aromatic heterocycles. The first-order valence-corrected chi connectivity index (χ1v) is 5.82. The highest BCUT2D eigenvalue weighted by Crippen LogP contribution is 2.34. The summed E-state index contributed by atoms with van der Waals surface area (Å²) in [5.74, 6) is 0.438. The molecule has 0 radical (unpaired) electrons. The fourth-order valence-electron chi connectivity index (χ4n) is 1.99. The van der Waals surface area contributed by atoms with Gasteiger partial charge in [-0.2, -0.15) is 0 Å². The number of benzene rings is 1. The molecule has 0 saturated carbocycles. The van der Waals surface area contributed by atoms with E-state index in [1.807, 2.05) is 6.92 Å². The van der Waals surface area contributed by atoms with Crippen LogP contribution in [0.15, 0.2) is 12.1 Å². The van der Waals surface area contributed by atoms with Crippen molar-refractivity contribution in [2.75, 3.05) is 6.61 Å². The lowest BCUT2D eigenvalue weighted by atomic mass is 9.83. The standard InChI is InChI=1S/C14H20O2/c1-9-5-10(6-11-8-16-11)7-12(13(9)15)14(2,3)4/h5,7,11,15H,6,8H2,1-4H3. The van der Waals surface area contributed by atoms with Crippen LogP contribution in [0, 0.1) is 6.92 Å². The van der Waals surface area contributed by atoms with Crippen LogP contribution in [0.4, 0.5) is 0 Å². The van der Waals surface area contributed by atoms with Gasteiger partial charge in [0.2, 0.25) is 0 Å². The maximum absolute atomic E-state index is 10.1. The SMILES string of the molecule is Cc1cc(CC2CO2)cc(C(C)(C)C)c1O. The molecule has 88 valence electrons. The Morgan fingerprint density at radius 2 is 2.00 bits per heavy atom. The summed E-state index contributed by atoms with van der Waals surface area (Å²) in [5.41, 5.74) is 3.24. The van der Waals surface area contributed by atoms with Crippen molar-refractivity contribution in [3.8, 4) is 5.75 Å². The van der Waals surface area contributed by atoms with E-state index in [1.165, 1.54) is 5.56 Å². The zero-order valence-electron chi connectivity index (χ0n) is 10.5. The second-order valence-electron chi connectivity index (χ2n) is 5.72. The van der Waals surface area contributed by atoms with E-state index in [9.17, 15) is 5.11 Å². The molecule has 2 heteroatoms. The highest BCUT2D eigenvalue weighted by atomic mass is 16.6. The first-order valence-electron chi connectivity index (χ1n) is 5.82. The lowest BCUT2D eigenvalue weighted by Gasteiger charge is -2.22. The van der Waals surface area contributed by atoms with Gasteiger partial charge in [-0.15, -0.1) is 0 Å². The summed E-state index contributed by atoms with van der Waals surface area (Å²) in [7, 11) is 0. The van der Waals surface area contributed by atoms with Crippen LogP contribution in [0.5, 0.6) is 5.75 Å². The Balaban J connectivity index is 2.38. The molecule has 1 aromatic carbocycles. The normalized spacial score (nSPS) is 19.9. The van der Waals surface area contributed by atoms with Crippen LogP contribution in [0.1, 0.15) is 37.5 Å². The fourth-order valence-corrected chi connectivity index (χ4v) is 1.99. The Labute approximate surface area is 97.3 Å². The zero-order valence-corrected chi connectivity index (χ0v) is 10.5. The third kappa shape index (κ3) is 2.38. The lowest BCUT2D eigenvalue weighted by molar-refractivity contribution is 0.406. The molecule has 0 amide bonds. The molecule has 16 heavy (non-hydrogen) atoms. The molecular formula is C14H20O2. The van der Waals surface area contributed by atoms with Gasteiger partial charge in [-0.3, -0.25) is 0 Å². The number of hydrogen-bond acceptors (Lipinski definition) is 2. The van der Waals surface area contributed by atoms with E-state index in [-0.39, 0.29) is 5.41 Å². The quantitative estimate of drug-likeness (QED) is 0.777. The summed E-state index contributed by atoms with van der Waals surface area (Å²) in [6.45, 7) is 9.21. The Morgan fingerprint density at radius 3 is 2.50 bits per heavy atom. The van der Waals surface area contributed by atoms with Gasteiger partial charge in [0, 0.05) is 6.42 Å². The summed E-state index contributed by atoms with van der Waals surface area (Å²) in [5, 5.41) is 10.1. The molecule has 1 N–H and O–H groups in total. The van der Waals surface area contributed by atoms with Crippen molar-refractivity contribution in [2.45, 2.75) is 45.6 Å².